The van der Waals surface area contributed by atoms with Gasteiger partial charge in [-0.1, -0.05) is 19.9 Å². The van der Waals surface area contributed by atoms with Crippen LogP contribution in [-0.2, 0) is 10.0 Å². The number of hydrogen-bond donors (Lipinski definition) is 2. The summed E-state index contributed by atoms with van der Waals surface area (Å²) in [7, 11) is -3.69. The van der Waals surface area contributed by atoms with Crippen LogP contribution in [0.4, 0.5) is 5.69 Å². The molecule has 0 bridgehead atoms. The van der Waals surface area contributed by atoms with E-state index in [9.17, 15) is 8.42 Å². The predicted molar refractivity (Wildman–Crippen MR) is 91.0 cm³/mol. The fraction of sp³-hybridized carbons (Fsp3) is 0.286. The van der Waals surface area contributed by atoms with Gasteiger partial charge in [-0.15, -0.1) is 11.3 Å². The lowest BCUT2D eigenvalue weighted by atomic mass is 10.0. The minimum absolute atomic E-state index is 0.0946. The Kier molecular flexibility index (Phi) is 5.08. The highest BCUT2D eigenvalue weighted by Gasteiger charge is 2.18. The molecule has 1 aromatic heterocycles. The average molecular weight is 389 g/mol. The van der Waals surface area contributed by atoms with Crippen molar-refractivity contribution in [2.24, 2.45) is 11.1 Å². The predicted octanol–water partition coefficient (Wildman–Crippen LogP) is 3.97. The van der Waals surface area contributed by atoms with Crippen molar-refractivity contribution in [3.63, 3.8) is 0 Å². The summed E-state index contributed by atoms with van der Waals surface area (Å²) in [5.74, 6) is 0.397. The zero-order valence-electron chi connectivity index (χ0n) is 11.7. The highest BCUT2D eigenvalue weighted by molar-refractivity contribution is 9.10. The van der Waals surface area contributed by atoms with Crippen LogP contribution in [0.3, 0.4) is 0 Å². The van der Waals surface area contributed by atoms with E-state index < -0.39 is 10.0 Å². The summed E-state index contributed by atoms with van der Waals surface area (Å²) in [6.07, 6.45) is 0. The van der Waals surface area contributed by atoms with E-state index in [1.54, 1.807) is 17.4 Å². The zero-order valence-corrected chi connectivity index (χ0v) is 14.9. The minimum atomic E-state index is -3.69. The van der Waals surface area contributed by atoms with Crippen LogP contribution in [-0.4, -0.2) is 8.42 Å². The summed E-state index contributed by atoms with van der Waals surface area (Å²) in [5.41, 5.74) is 0.842. The number of sulfonamides is 1. The maximum atomic E-state index is 11.4. The molecule has 1 aromatic carbocycles. The summed E-state index contributed by atoms with van der Waals surface area (Å²) in [6.45, 7) is 4.29. The number of primary sulfonamides is 1. The molecule has 0 aliphatic heterocycles. The SMILES string of the molecule is CC(C)C(Nc1ccc(S(N)(=O)=O)cc1Br)c1cccs1. The number of benzene rings is 1. The lowest BCUT2D eigenvalue weighted by Gasteiger charge is -2.23. The average Bonchev–Trinajstić information content (AvgIpc) is 2.89. The van der Waals surface area contributed by atoms with Crippen LogP contribution in [0.25, 0.3) is 0 Å². The van der Waals surface area contributed by atoms with Crippen molar-refractivity contribution in [1.29, 1.82) is 0 Å². The van der Waals surface area contributed by atoms with E-state index in [4.69, 9.17) is 5.14 Å². The molecule has 2 rings (SSSR count). The number of nitrogens with one attached hydrogen (secondary N) is 1. The molecule has 2 aromatic rings. The largest absolute Gasteiger partial charge is 0.376 e. The number of anilines is 1. The molecule has 4 nitrogen and oxygen atoms in total. The maximum absolute atomic E-state index is 11.4. The normalized spacial score (nSPS) is 13.4. The van der Waals surface area contributed by atoms with Crippen LogP contribution in [0.15, 0.2) is 45.1 Å². The van der Waals surface area contributed by atoms with Crippen LogP contribution in [0.2, 0.25) is 0 Å². The number of halogens is 1. The van der Waals surface area contributed by atoms with Gasteiger partial charge in [-0.3, -0.25) is 0 Å². The van der Waals surface area contributed by atoms with Crippen LogP contribution in [0.1, 0.15) is 24.8 Å². The van der Waals surface area contributed by atoms with E-state index in [1.165, 1.54) is 17.0 Å². The standard InChI is InChI=1S/C14H17BrN2O2S2/c1-9(2)14(13-4-3-7-20-13)17-12-6-5-10(8-11(12)15)21(16,18)19/h3-9,14,17H,1-2H3,(H2,16,18,19). The Labute approximate surface area is 137 Å². The molecule has 0 saturated heterocycles. The summed E-state index contributed by atoms with van der Waals surface area (Å²) in [6, 6.07) is 9.04. The summed E-state index contributed by atoms with van der Waals surface area (Å²) >= 11 is 5.10. The highest BCUT2D eigenvalue weighted by Crippen LogP contribution is 2.33. The lowest BCUT2D eigenvalue weighted by Crippen LogP contribution is -2.16. The van der Waals surface area contributed by atoms with Crippen LogP contribution in [0.5, 0.6) is 0 Å². The number of rotatable bonds is 5. The summed E-state index contributed by atoms with van der Waals surface area (Å²) < 4.78 is 23.4. The van der Waals surface area contributed by atoms with Gasteiger partial charge in [-0.05, 0) is 51.5 Å². The van der Waals surface area contributed by atoms with Crippen molar-refractivity contribution in [3.05, 3.63) is 45.1 Å². The molecule has 1 unspecified atom stereocenters. The fourth-order valence-corrected chi connectivity index (χ4v) is 4.13. The van der Waals surface area contributed by atoms with E-state index in [0.29, 0.717) is 10.4 Å². The number of thiophene rings is 1. The molecule has 0 fully saturated rings. The minimum Gasteiger partial charge on any atom is -0.376 e. The Bertz CT molecular complexity index is 713. The topological polar surface area (TPSA) is 72.2 Å². The first-order valence-corrected chi connectivity index (χ1v) is 9.63. The first kappa shape index (κ1) is 16.5. The number of nitrogens with two attached hydrogens (primary N) is 1. The molecule has 1 heterocycles. The Morgan fingerprint density at radius 3 is 2.48 bits per heavy atom. The summed E-state index contributed by atoms with van der Waals surface area (Å²) in [5, 5.41) is 10.6. The molecule has 1 atom stereocenters. The molecule has 0 aliphatic rings. The molecular formula is C14H17BrN2O2S2. The Hall–Kier alpha value is -0.890. The van der Waals surface area contributed by atoms with Gasteiger partial charge in [0.1, 0.15) is 0 Å². The summed E-state index contributed by atoms with van der Waals surface area (Å²) in [4.78, 5) is 1.34. The molecule has 7 heteroatoms. The third kappa shape index (κ3) is 4.06. The molecule has 21 heavy (non-hydrogen) atoms. The zero-order chi connectivity index (χ0) is 15.6. The second-order valence-electron chi connectivity index (χ2n) is 5.07. The molecule has 0 saturated carbocycles. The molecular weight excluding hydrogens is 372 g/mol. The number of hydrogen-bond acceptors (Lipinski definition) is 4. The van der Waals surface area contributed by atoms with E-state index in [2.05, 4.69) is 41.2 Å². The van der Waals surface area contributed by atoms with Crippen LogP contribution < -0.4 is 10.5 Å². The molecule has 0 radical (unpaired) electrons. The van der Waals surface area contributed by atoms with Gasteiger partial charge in [0.25, 0.3) is 0 Å². The second kappa shape index (κ2) is 6.48. The van der Waals surface area contributed by atoms with Gasteiger partial charge in [-0.2, -0.15) is 0 Å². The van der Waals surface area contributed by atoms with E-state index in [1.807, 2.05) is 11.4 Å². The smallest absolute Gasteiger partial charge is 0.238 e. The first-order valence-electron chi connectivity index (χ1n) is 6.41. The van der Waals surface area contributed by atoms with Crippen molar-refractivity contribution in [3.8, 4) is 0 Å². The Balaban J connectivity index is 2.30. The third-order valence-electron chi connectivity index (χ3n) is 3.10. The van der Waals surface area contributed by atoms with Gasteiger partial charge in [0.2, 0.25) is 10.0 Å². The Morgan fingerprint density at radius 1 is 1.29 bits per heavy atom. The maximum Gasteiger partial charge on any atom is 0.238 e. The van der Waals surface area contributed by atoms with Crippen LogP contribution in [0, 0.1) is 5.92 Å². The van der Waals surface area contributed by atoms with Gasteiger partial charge in [0, 0.05) is 15.0 Å². The monoisotopic (exact) mass is 388 g/mol. The third-order valence-corrected chi connectivity index (χ3v) is 5.62. The Morgan fingerprint density at radius 2 is 2.00 bits per heavy atom. The molecule has 0 spiro atoms. The lowest BCUT2D eigenvalue weighted by molar-refractivity contribution is 0.553. The van der Waals surface area contributed by atoms with Crippen molar-refractivity contribution >= 4 is 43.0 Å². The molecule has 0 aliphatic carbocycles. The van der Waals surface area contributed by atoms with Gasteiger partial charge in [0.15, 0.2) is 0 Å². The van der Waals surface area contributed by atoms with Crippen LogP contribution >= 0.6 is 27.3 Å². The fourth-order valence-electron chi connectivity index (χ4n) is 1.99. The van der Waals surface area contributed by atoms with Crippen molar-refractivity contribution in [1.82, 2.24) is 0 Å². The van der Waals surface area contributed by atoms with Gasteiger partial charge < -0.3 is 5.32 Å². The first-order chi connectivity index (χ1) is 9.79. The van der Waals surface area contributed by atoms with Gasteiger partial charge >= 0.3 is 0 Å². The highest BCUT2D eigenvalue weighted by atomic mass is 79.9. The van der Waals surface area contributed by atoms with E-state index in [-0.39, 0.29) is 10.9 Å². The molecule has 114 valence electrons. The van der Waals surface area contributed by atoms with Crippen molar-refractivity contribution < 1.29 is 8.42 Å². The second-order valence-corrected chi connectivity index (χ2v) is 8.46. The molecule has 3 N–H and O–H groups in total. The quantitative estimate of drug-likeness (QED) is 0.813. The van der Waals surface area contributed by atoms with Gasteiger partial charge in [-0.25, -0.2) is 13.6 Å². The van der Waals surface area contributed by atoms with Crippen molar-refractivity contribution in [2.45, 2.75) is 24.8 Å². The molecule has 0 amide bonds. The van der Waals surface area contributed by atoms with Crippen molar-refractivity contribution in [2.75, 3.05) is 5.32 Å². The van der Waals surface area contributed by atoms with Gasteiger partial charge in [0.05, 0.1) is 10.9 Å². The van der Waals surface area contributed by atoms with E-state index in [0.717, 1.165) is 5.69 Å². The van der Waals surface area contributed by atoms with E-state index >= 15 is 0 Å².